The number of ether oxygens (including phenoxy) is 2. The number of aromatic hydroxyl groups is 1. The van der Waals surface area contributed by atoms with Gasteiger partial charge in [0, 0.05) is 24.8 Å². The summed E-state index contributed by atoms with van der Waals surface area (Å²) in [6.45, 7) is 2.25. The predicted molar refractivity (Wildman–Crippen MR) is 65.3 cm³/mol. The normalized spacial score (nSPS) is 20.2. The van der Waals surface area contributed by atoms with E-state index in [0.717, 1.165) is 31.6 Å². The molecule has 1 aromatic rings. The van der Waals surface area contributed by atoms with Gasteiger partial charge in [0.1, 0.15) is 0 Å². The van der Waals surface area contributed by atoms with Gasteiger partial charge in [-0.05, 0) is 18.9 Å². The number of benzene rings is 1. The lowest BCUT2D eigenvalue weighted by Crippen LogP contribution is -2.36. The lowest BCUT2D eigenvalue weighted by molar-refractivity contribution is 0.0698. The van der Waals surface area contributed by atoms with Gasteiger partial charge in [0.25, 0.3) is 0 Å². The molecule has 0 spiro atoms. The van der Waals surface area contributed by atoms with Gasteiger partial charge in [0.2, 0.25) is 0 Å². The van der Waals surface area contributed by atoms with Gasteiger partial charge in [-0.25, -0.2) is 0 Å². The number of hydrogen-bond acceptors (Lipinski definition) is 4. The zero-order valence-electron chi connectivity index (χ0n) is 10.1. The highest BCUT2D eigenvalue weighted by Gasteiger charge is 2.14. The van der Waals surface area contributed by atoms with Crippen molar-refractivity contribution in [1.82, 2.24) is 5.32 Å². The van der Waals surface area contributed by atoms with Gasteiger partial charge in [-0.2, -0.15) is 0 Å². The smallest absolute Gasteiger partial charge is 0.162 e. The first-order valence-corrected chi connectivity index (χ1v) is 5.97. The van der Waals surface area contributed by atoms with E-state index in [1.54, 1.807) is 13.2 Å². The molecule has 1 saturated heterocycles. The van der Waals surface area contributed by atoms with Crippen LogP contribution in [0.15, 0.2) is 18.2 Å². The Hall–Kier alpha value is -1.26. The van der Waals surface area contributed by atoms with Crippen molar-refractivity contribution in [2.75, 3.05) is 20.3 Å². The van der Waals surface area contributed by atoms with E-state index < -0.39 is 0 Å². The molecule has 4 heteroatoms. The minimum atomic E-state index is 0.222. The third kappa shape index (κ3) is 3.11. The van der Waals surface area contributed by atoms with Gasteiger partial charge in [-0.3, -0.25) is 0 Å². The molecule has 0 radical (unpaired) electrons. The standard InChI is InChI=1S/C13H19NO3/c1-16-12-6-2-4-10(13(12)15)8-14-11-5-3-7-17-9-11/h2,4,6,11,14-15H,3,5,7-9H2,1H3. The van der Waals surface area contributed by atoms with Crippen molar-refractivity contribution in [2.45, 2.75) is 25.4 Å². The topological polar surface area (TPSA) is 50.7 Å². The maximum atomic E-state index is 9.92. The molecule has 1 aliphatic rings. The van der Waals surface area contributed by atoms with Crippen LogP contribution in [0.25, 0.3) is 0 Å². The van der Waals surface area contributed by atoms with Crippen molar-refractivity contribution >= 4 is 0 Å². The molecule has 2 rings (SSSR count). The van der Waals surface area contributed by atoms with E-state index in [-0.39, 0.29) is 5.75 Å². The minimum Gasteiger partial charge on any atom is -0.504 e. The first kappa shape index (κ1) is 12.2. The lowest BCUT2D eigenvalue weighted by Gasteiger charge is -2.23. The summed E-state index contributed by atoms with van der Waals surface area (Å²) in [6.07, 6.45) is 2.23. The number of hydrogen-bond donors (Lipinski definition) is 2. The lowest BCUT2D eigenvalue weighted by atomic mass is 10.1. The van der Waals surface area contributed by atoms with Crippen LogP contribution in [0.5, 0.6) is 11.5 Å². The van der Waals surface area contributed by atoms with Gasteiger partial charge in [-0.1, -0.05) is 12.1 Å². The fraction of sp³-hybridized carbons (Fsp3) is 0.538. The summed E-state index contributed by atoms with van der Waals surface area (Å²) in [7, 11) is 1.56. The fourth-order valence-corrected chi connectivity index (χ4v) is 2.03. The molecule has 0 amide bonds. The number of phenols is 1. The molecule has 4 nitrogen and oxygen atoms in total. The molecule has 17 heavy (non-hydrogen) atoms. The number of phenolic OH excluding ortho intramolecular Hbond substituents is 1. The number of nitrogens with one attached hydrogen (secondary N) is 1. The van der Waals surface area contributed by atoms with Crippen LogP contribution in [0.4, 0.5) is 0 Å². The molecule has 2 N–H and O–H groups in total. The Bertz CT molecular complexity index is 362. The minimum absolute atomic E-state index is 0.222. The van der Waals surface area contributed by atoms with Crippen LogP contribution in [0.1, 0.15) is 18.4 Å². The summed E-state index contributed by atoms with van der Waals surface area (Å²) < 4.78 is 10.5. The van der Waals surface area contributed by atoms with E-state index >= 15 is 0 Å². The van der Waals surface area contributed by atoms with Crippen molar-refractivity contribution in [3.05, 3.63) is 23.8 Å². The average Bonchev–Trinajstić information content (AvgIpc) is 2.39. The van der Waals surface area contributed by atoms with Crippen LogP contribution in [0.3, 0.4) is 0 Å². The molecule has 1 heterocycles. The highest BCUT2D eigenvalue weighted by atomic mass is 16.5. The second kappa shape index (κ2) is 5.89. The number of methoxy groups -OCH3 is 1. The van der Waals surface area contributed by atoms with Crippen LogP contribution in [0, 0.1) is 0 Å². The molecule has 0 saturated carbocycles. The highest BCUT2D eigenvalue weighted by Crippen LogP contribution is 2.29. The van der Waals surface area contributed by atoms with Crippen LogP contribution < -0.4 is 10.1 Å². The van der Waals surface area contributed by atoms with Crippen molar-refractivity contribution in [2.24, 2.45) is 0 Å². The molecule has 1 atom stereocenters. The Labute approximate surface area is 102 Å². The Morgan fingerprint density at radius 1 is 1.53 bits per heavy atom. The number of para-hydroxylation sites is 1. The summed E-state index contributed by atoms with van der Waals surface area (Å²) in [6, 6.07) is 5.92. The zero-order chi connectivity index (χ0) is 12.1. The summed E-state index contributed by atoms with van der Waals surface area (Å²) in [5.74, 6) is 0.739. The van der Waals surface area contributed by atoms with Crippen LogP contribution in [-0.2, 0) is 11.3 Å². The third-order valence-corrected chi connectivity index (χ3v) is 3.04. The summed E-state index contributed by atoms with van der Waals surface area (Å²) in [5, 5.41) is 13.3. The second-order valence-corrected chi connectivity index (χ2v) is 4.26. The van der Waals surface area contributed by atoms with Gasteiger partial charge < -0.3 is 19.9 Å². The van der Waals surface area contributed by atoms with E-state index in [9.17, 15) is 5.11 Å². The third-order valence-electron chi connectivity index (χ3n) is 3.04. The molecule has 0 aromatic heterocycles. The van der Waals surface area contributed by atoms with E-state index in [2.05, 4.69) is 5.32 Å². The maximum absolute atomic E-state index is 9.92. The Morgan fingerprint density at radius 2 is 2.41 bits per heavy atom. The Morgan fingerprint density at radius 3 is 3.12 bits per heavy atom. The molecular weight excluding hydrogens is 218 g/mol. The van der Waals surface area contributed by atoms with Crippen LogP contribution >= 0.6 is 0 Å². The maximum Gasteiger partial charge on any atom is 0.162 e. The zero-order valence-corrected chi connectivity index (χ0v) is 10.1. The molecule has 0 aliphatic carbocycles. The first-order chi connectivity index (χ1) is 8.31. The van der Waals surface area contributed by atoms with Gasteiger partial charge in [0.05, 0.1) is 13.7 Å². The largest absolute Gasteiger partial charge is 0.504 e. The summed E-state index contributed by atoms with van der Waals surface area (Å²) in [5.41, 5.74) is 0.856. The van der Waals surface area contributed by atoms with Crippen molar-refractivity contribution < 1.29 is 14.6 Å². The van der Waals surface area contributed by atoms with E-state index in [0.29, 0.717) is 18.3 Å². The van der Waals surface area contributed by atoms with Crippen molar-refractivity contribution in [3.8, 4) is 11.5 Å². The summed E-state index contributed by atoms with van der Waals surface area (Å²) >= 11 is 0. The Kier molecular flexibility index (Phi) is 4.23. The van der Waals surface area contributed by atoms with Gasteiger partial charge in [-0.15, -0.1) is 0 Å². The molecule has 1 aromatic carbocycles. The quantitative estimate of drug-likeness (QED) is 0.836. The SMILES string of the molecule is COc1cccc(CNC2CCCOC2)c1O. The van der Waals surface area contributed by atoms with E-state index in [4.69, 9.17) is 9.47 Å². The molecule has 1 fully saturated rings. The van der Waals surface area contributed by atoms with Gasteiger partial charge >= 0.3 is 0 Å². The number of rotatable bonds is 4. The van der Waals surface area contributed by atoms with E-state index in [1.807, 2.05) is 12.1 Å². The fourth-order valence-electron chi connectivity index (χ4n) is 2.03. The predicted octanol–water partition coefficient (Wildman–Crippen LogP) is 1.67. The average molecular weight is 237 g/mol. The molecular formula is C13H19NO3. The molecule has 1 aliphatic heterocycles. The molecule has 94 valence electrons. The van der Waals surface area contributed by atoms with Crippen molar-refractivity contribution in [3.63, 3.8) is 0 Å². The monoisotopic (exact) mass is 237 g/mol. The Balaban J connectivity index is 1.93. The second-order valence-electron chi connectivity index (χ2n) is 4.26. The highest BCUT2D eigenvalue weighted by molar-refractivity contribution is 5.45. The summed E-state index contributed by atoms with van der Waals surface area (Å²) in [4.78, 5) is 0. The van der Waals surface area contributed by atoms with Crippen molar-refractivity contribution in [1.29, 1.82) is 0 Å². The first-order valence-electron chi connectivity index (χ1n) is 5.97. The molecule has 0 bridgehead atoms. The van der Waals surface area contributed by atoms with Crippen LogP contribution in [-0.4, -0.2) is 31.5 Å². The van der Waals surface area contributed by atoms with E-state index in [1.165, 1.54) is 0 Å². The molecule has 1 unspecified atom stereocenters. The van der Waals surface area contributed by atoms with Crippen LogP contribution in [0.2, 0.25) is 0 Å². The van der Waals surface area contributed by atoms with Gasteiger partial charge in [0.15, 0.2) is 11.5 Å².